The van der Waals surface area contributed by atoms with Gasteiger partial charge in [0.25, 0.3) is 0 Å². The third kappa shape index (κ3) is 4.11. The molecule has 1 aliphatic heterocycles. The van der Waals surface area contributed by atoms with Gasteiger partial charge in [0, 0.05) is 56.6 Å². The topological polar surface area (TPSA) is 63.2 Å². The highest BCUT2D eigenvalue weighted by Gasteiger charge is 2.26. The van der Waals surface area contributed by atoms with Gasteiger partial charge >= 0.3 is 0 Å². The van der Waals surface area contributed by atoms with Crippen LogP contribution in [0.4, 0.5) is 0 Å². The fraction of sp³-hybridized carbons (Fsp3) is 0.500. The lowest BCUT2D eigenvalue weighted by molar-refractivity contribution is 0.0843. The predicted molar refractivity (Wildman–Crippen MR) is 112 cm³/mol. The summed E-state index contributed by atoms with van der Waals surface area (Å²) in [6, 6.07) is 8.33. The van der Waals surface area contributed by atoms with Crippen LogP contribution in [0.25, 0.3) is 11.4 Å². The SMILES string of the molecule is Cc1ccc(-c2noc(C(C)N3CCN(Cc4c(C)nn(C)c4C)CC3)n2)cc1. The molecule has 0 saturated carbocycles. The fourth-order valence-electron chi connectivity index (χ4n) is 3.96. The van der Waals surface area contributed by atoms with Crippen LogP contribution in [0.5, 0.6) is 0 Å². The molecule has 0 aliphatic carbocycles. The van der Waals surface area contributed by atoms with E-state index in [2.05, 4.69) is 64.9 Å². The Bertz CT molecular complexity index is 966. The molecule has 3 aromatic rings. The van der Waals surface area contributed by atoms with Gasteiger partial charge in [-0.05, 0) is 27.7 Å². The highest BCUT2D eigenvalue weighted by Crippen LogP contribution is 2.24. The maximum atomic E-state index is 5.59. The zero-order valence-corrected chi connectivity index (χ0v) is 18.0. The first kappa shape index (κ1) is 19.8. The van der Waals surface area contributed by atoms with Crippen LogP contribution in [-0.2, 0) is 13.6 Å². The van der Waals surface area contributed by atoms with Crippen molar-refractivity contribution in [2.75, 3.05) is 26.2 Å². The van der Waals surface area contributed by atoms with Gasteiger partial charge in [0.1, 0.15) is 0 Å². The number of aryl methyl sites for hydroxylation is 3. The van der Waals surface area contributed by atoms with Crippen molar-refractivity contribution < 1.29 is 4.52 Å². The van der Waals surface area contributed by atoms with E-state index in [0.717, 1.165) is 44.0 Å². The van der Waals surface area contributed by atoms with Crippen molar-refractivity contribution in [1.82, 2.24) is 29.7 Å². The van der Waals surface area contributed by atoms with E-state index in [9.17, 15) is 0 Å². The number of aromatic nitrogens is 4. The van der Waals surface area contributed by atoms with Crippen molar-refractivity contribution >= 4 is 0 Å². The van der Waals surface area contributed by atoms with E-state index >= 15 is 0 Å². The Kier molecular flexibility index (Phi) is 5.52. The van der Waals surface area contributed by atoms with Crippen LogP contribution in [0.1, 0.15) is 41.4 Å². The molecule has 0 spiro atoms. The smallest absolute Gasteiger partial charge is 0.244 e. The maximum Gasteiger partial charge on any atom is 0.244 e. The van der Waals surface area contributed by atoms with E-state index in [0.29, 0.717) is 11.7 Å². The van der Waals surface area contributed by atoms with Crippen molar-refractivity contribution in [2.45, 2.75) is 40.3 Å². The molecule has 1 fully saturated rings. The monoisotopic (exact) mass is 394 g/mol. The molecule has 7 nitrogen and oxygen atoms in total. The van der Waals surface area contributed by atoms with Gasteiger partial charge in [-0.1, -0.05) is 35.0 Å². The summed E-state index contributed by atoms with van der Waals surface area (Å²) in [5.74, 6) is 1.35. The van der Waals surface area contributed by atoms with Crippen LogP contribution in [0, 0.1) is 20.8 Å². The van der Waals surface area contributed by atoms with E-state index in [1.807, 2.05) is 23.9 Å². The molecular weight excluding hydrogens is 364 g/mol. The van der Waals surface area contributed by atoms with Crippen LogP contribution < -0.4 is 0 Å². The van der Waals surface area contributed by atoms with Crippen molar-refractivity contribution in [3.05, 3.63) is 52.7 Å². The van der Waals surface area contributed by atoms with Crippen molar-refractivity contribution in [3.8, 4) is 11.4 Å². The summed E-state index contributed by atoms with van der Waals surface area (Å²) < 4.78 is 7.57. The lowest BCUT2D eigenvalue weighted by atomic mass is 10.1. The molecule has 3 heterocycles. The van der Waals surface area contributed by atoms with E-state index in [1.54, 1.807) is 0 Å². The van der Waals surface area contributed by atoms with Gasteiger partial charge in [0.2, 0.25) is 11.7 Å². The van der Waals surface area contributed by atoms with Crippen LogP contribution in [0.2, 0.25) is 0 Å². The highest BCUT2D eigenvalue weighted by atomic mass is 16.5. The molecular formula is C22H30N6O. The van der Waals surface area contributed by atoms with Crippen LogP contribution in [0.15, 0.2) is 28.8 Å². The molecule has 154 valence electrons. The minimum Gasteiger partial charge on any atom is -0.337 e. The Labute approximate surface area is 172 Å². The zero-order chi connectivity index (χ0) is 20.5. The first-order valence-electron chi connectivity index (χ1n) is 10.3. The summed E-state index contributed by atoms with van der Waals surface area (Å²) in [5, 5.41) is 8.74. The minimum atomic E-state index is 0.116. The van der Waals surface area contributed by atoms with E-state index < -0.39 is 0 Å². The van der Waals surface area contributed by atoms with E-state index in [4.69, 9.17) is 4.52 Å². The third-order valence-corrected chi connectivity index (χ3v) is 6.10. The molecule has 1 saturated heterocycles. The van der Waals surface area contributed by atoms with Crippen molar-refractivity contribution in [2.24, 2.45) is 7.05 Å². The predicted octanol–water partition coefficient (Wildman–Crippen LogP) is 3.27. The summed E-state index contributed by atoms with van der Waals surface area (Å²) >= 11 is 0. The lowest BCUT2D eigenvalue weighted by Gasteiger charge is -2.36. The minimum absolute atomic E-state index is 0.116. The lowest BCUT2D eigenvalue weighted by Crippen LogP contribution is -2.46. The summed E-state index contributed by atoms with van der Waals surface area (Å²) in [4.78, 5) is 9.58. The average molecular weight is 395 g/mol. The zero-order valence-electron chi connectivity index (χ0n) is 18.0. The van der Waals surface area contributed by atoms with Gasteiger partial charge in [-0.25, -0.2) is 0 Å². The second-order valence-electron chi connectivity index (χ2n) is 8.08. The van der Waals surface area contributed by atoms with E-state index in [-0.39, 0.29) is 6.04 Å². The van der Waals surface area contributed by atoms with E-state index in [1.165, 1.54) is 16.8 Å². The quantitative estimate of drug-likeness (QED) is 0.662. The Morgan fingerprint density at radius 2 is 1.72 bits per heavy atom. The van der Waals surface area contributed by atoms with Gasteiger partial charge in [0.05, 0.1) is 11.7 Å². The first-order chi connectivity index (χ1) is 13.9. The maximum absolute atomic E-state index is 5.59. The number of rotatable bonds is 5. The standard InChI is InChI=1S/C22H30N6O/c1-15-6-8-19(9-7-15)21-23-22(29-25-21)18(4)28-12-10-27(11-13-28)14-20-16(2)24-26(5)17(20)3/h6-9,18H,10-14H2,1-5H3. The van der Waals surface area contributed by atoms with Gasteiger partial charge in [-0.2, -0.15) is 10.1 Å². The largest absolute Gasteiger partial charge is 0.337 e. The van der Waals surface area contributed by atoms with Gasteiger partial charge in [0.15, 0.2) is 0 Å². The molecule has 2 aromatic heterocycles. The molecule has 1 atom stereocenters. The summed E-state index contributed by atoms with van der Waals surface area (Å²) in [7, 11) is 2.01. The second-order valence-corrected chi connectivity index (χ2v) is 8.08. The molecule has 29 heavy (non-hydrogen) atoms. The summed E-state index contributed by atoms with van der Waals surface area (Å²) in [6.07, 6.45) is 0. The summed E-state index contributed by atoms with van der Waals surface area (Å²) in [5.41, 5.74) is 5.96. The fourth-order valence-corrected chi connectivity index (χ4v) is 3.96. The molecule has 0 amide bonds. The molecule has 1 aliphatic rings. The Morgan fingerprint density at radius 3 is 2.34 bits per heavy atom. The number of hydrogen-bond donors (Lipinski definition) is 0. The van der Waals surface area contributed by atoms with Gasteiger partial charge in [-0.15, -0.1) is 0 Å². The van der Waals surface area contributed by atoms with Crippen LogP contribution >= 0.6 is 0 Å². The molecule has 0 bridgehead atoms. The number of piperazine rings is 1. The molecule has 4 rings (SSSR count). The third-order valence-electron chi connectivity index (χ3n) is 6.10. The number of nitrogens with zero attached hydrogens (tertiary/aromatic N) is 6. The van der Waals surface area contributed by atoms with Crippen LogP contribution in [0.3, 0.4) is 0 Å². The Balaban J connectivity index is 1.37. The first-order valence-corrected chi connectivity index (χ1v) is 10.3. The summed E-state index contributed by atoms with van der Waals surface area (Å²) in [6.45, 7) is 13.5. The van der Waals surface area contributed by atoms with Gasteiger partial charge in [-0.3, -0.25) is 14.5 Å². The average Bonchev–Trinajstić information content (AvgIpc) is 3.30. The molecule has 0 radical (unpaired) electrons. The normalized spacial score (nSPS) is 17.0. The number of benzene rings is 1. The van der Waals surface area contributed by atoms with Crippen molar-refractivity contribution in [1.29, 1.82) is 0 Å². The second kappa shape index (κ2) is 8.08. The number of hydrogen-bond acceptors (Lipinski definition) is 6. The highest BCUT2D eigenvalue weighted by molar-refractivity contribution is 5.54. The molecule has 1 unspecified atom stereocenters. The Morgan fingerprint density at radius 1 is 1.03 bits per heavy atom. The van der Waals surface area contributed by atoms with Crippen LogP contribution in [-0.4, -0.2) is 55.9 Å². The molecule has 0 N–H and O–H groups in total. The molecule has 7 heteroatoms. The molecule has 1 aromatic carbocycles. The Hall–Kier alpha value is -2.51. The van der Waals surface area contributed by atoms with Crippen molar-refractivity contribution in [3.63, 3.8) is 0 Å². The van der Waals surface area contributed by atoms with Gasteiger partial charge < -0.3 is 4.52 Å².